The maximum atomic E-state index is 11.7. The minimum absolute atomic E-state index is 0.316. The molecule has 0 fully saturated rings. The van der Waals surface area contributed by atoms with Gasteiger partial charge in [0.2, 0.25) is 0 Å². The third kappa shape index (κ3) is 3.51. The summed E-state index contributed by atoms with van der Waals surface area (Å²) < 4.78 is 4.96. The van der Waals surface area contributed by atoms with E-state index < -0.39 is 5.97 Å². The highest BCUT2D eigenvalue weighted by atomic mass is 16.5. The third-order valence-electron chi connectivity index (χ3n) is 2.84. The lowest BCUT2D eigenvalue weighted by Gasteiger charge is -2.11. The number of nitrogens with one attached hydrogen (secondary N) is 1. The van der Waals surface area contributed by atoms with Crippen LogP contribution in [0, 0.1) is 11.3 Å². The zero-order valence-electron chi connectivity index (χ0n) is 11.6. The molecule has 0 unspecified atom stereocenters. The number of nitriles is 1. The van der Waals surface area contributed by atoms with Gasteiger partial charge in [0.1, 0.15) is 0 Å². The molecule has 5 nitrogen and oxygen atoms in total. The van der Waals surface area contributed by atoms with Crippen molar-refractivity contribution in [2.75, 3.05) is 17.7 Å². The van der Waals surface area contributed by atoms with Gasteiger partial charge in [-0.2, -0.15) is 5.26 Å². The van der Waals surface area contributed by atoms with Crippen molar-refractivity contribution in [1.82, 2.24) is 0 Å². The fourth-order valence-corrected chi connectivity index (χ4v) is 1.83. The highest BCUT2D eigenvalue weighted by Gasteiger charge is 2.09. The fourth-order valence-electron chi connectivity index (χ4n) is 1.83. The topological polar surface area (TPSA) is 88.1 Å². The smallest absolute Gasteiger partial charge is 0.338 e. The Bertz CT molecular complexity index is 705. The number of carbonyl (C=O) groups excluding carboxylic acids is 1. The summed E-state index contributed by atoms with van der Waals surface area (Å²) in [5.41, 5.74) is 8.69. The first kappa shape index (κ1) is 14.4. The second kappa shape index (κ2) is 6.44. The number of nitrogens with two attached hydrogens (primary N) is 1. The SMILES string of the molecule is CCOC(=O)c1ccc(N)c(Nc2cccc(C#N)c2)c1. The Labute approximate surface area is 123 Å². The first-order valence-electron chi connectivity index (χ1n) is 6.48. The summed E-state index contributed by atoms with van der Waals surface area (Å²) in [5.74, 6) is -0.397. The molecule has 0 amide bonds. The zero-order chi connectivity index (χ0) is 15.2. The predicted octanol–water partition coefficient (Wildman–Crippen LogP) is 3.06. The molecule has 2 aromatic carbocycles. The van der Waals surface area contributed by atoms with Gasteiger partial charge in [-0.3, -0.25) is 0 Å². The number of ether oxygens (including phenoxy) is 1. The molecule has 0 spiro atoms. The number of carbonyl (C=O) groups is 1. The Hall–Kier alpha value is -3.00. The molecule has 0 atom stereocenters. The van der Waals surface area contributed by atoms with Gasteiger partial charge in [0.05, 0.1) is 35.2 Å². The van der Waals surface area contributed by atoms with Gasteiger partial charge in [-0.25, -0.2) is 4.79 Å². The van der Waals surface area contributed by atoms with E-state index in [4.69, 9.17) is 15.7 Å². The van der Waals surface area contributed by atoms with Gasteiger partial charge in [-0.1, -0.05) is 6.07 Å². The van der Waals surface area contributed by atoms with Crippen molar-refractivity contribution in [3.05, 3.63) is 53.6 Å². The van der Waals surface area contributed by atoms with E-state index in [2.05, 4.69) is 11.4 Å². The summed E-state index contributed by atoms with van der Waals surface area (Å²) in [4.78, 5) is 11.7. The number of benzene rings is 2. The normalized spacial score (nSPS) is 9.71. The molecule has 0 bridgehead atoms. The zero-order valence-corrected chi connectivity index (χ0v) is 11.6. The second-order valence-corrected chi connectivity index (χ2v) is 4.34. The van der Waals surface area contributed by atoms with E-state index in [0.717, 1.165) is 5.69 Å². The molecular formula is C16H15N3O2. The molecule has 0 aliphatic carbocycles. The van der Waals surface area contributed by atoms with Gasteiger partial charge in [0.15, 0.2) is 0 Å². The van der Waals surface area contributed by atoms with Crippen LogP contribution in [0.1, 0.15) is 22.8 Å². The van der Waals surface area contributed by atoms with Crippen molar-refractivity contribution in [3.63, 3.8) is 0 Å². The van der Waals surface area contributed by atoms with Crippen LogP contribution in [0.25, 0.3) is 0 Å². The monoisotopic (exact) mass is 281 g/mol. The quantitative estimate of drug-likeness (QED) is 0.664. The van der Waals surface area contributed by atoms with Crippen LogP contribution >= 0.6 is 0 Å². The van der Waals surface area contributed by atoms with Gasteiger partial charge in [-0.15, -0.1) is 0 Å². The number of hydrogen-bond donors (Lipinski definition) is 2. The number of nitrogen functional groups attached to an aromatic ring is 1. The lowest BCUT2D eigenvalue weighted by atomic mass is 10.1. The van der Waals surface area contributed by atoms with E-state index in [9.17, 15) is 4.79 Å². The van der Waals surface area contributed by atoms with Gasteiger partial charge in [-0.05, 0) is 43.3 Å². The summed E-state index contributed by atoms with van der Waals surface area (Å²) in [6.07, 6.45) is 0. The average Bonchev–Trinajstić information content (AvgIpc) is 2.50. The minimum Gasteiger partial charge on any atom is -0.462 e. The van der Waals surface area contributed by atoms with Crippen molar-refractivity contribution in [1.29, 1.82) is 5.26 Å². The van der Waals surface area contributed by atoms with Crippen molar-refractivity contribution in [2.24, 2.45) is 0 Å². The molecule has 2 rings (SSSR count). The summed E-state index contributed by atoms with van der Waals surface area (Å²) in [6.45, 7) is 2.07. The number of nitrogens with zero attached hydrogens (tertiary/aromatic N) is 1. The molecule has 0 saturated heterocycles. The van der Waals surface area contributed by atoms with E-state index in [1.54, 1.807) is 43.3 Å². The molecule has 0 aliphatic rings. The largest absolute Gasteiger partial charge is 0.462 e. The molecule has 0 radical (unpaired) electrons. The van der Waals surface area contributed by atoms with E-state index in [1.807, 2.05) is 6.07 Å². The summed E-state index contributed by atoms with van der Waals surface area (Å²) in [5, 5.41) is 12.0. The second-order valence-electron chi connectivity index (χ2n) is 4.34. The minimum atomic E-state index is -0.397. The van der Waals surface area contributed by atoms with E-state index in [1.165, 1.54) is 0 Å². The Morgan fingerprint density at radius 2 is 2.14 bits per heavy atom. The number of esters is 1. The fraction of sp³-hybridized carbons (Fsp3) is 0.125. The predicted molar refractivity (Wildman–Crippen MR) is 81.3 cm³/mol. The molecule has 0 saturated carbocycles. The van der Waals surface area contributed by atoms with E-state index >= 15 is 0 Å². The van der Waals surface area contributed by atoms with Crippen molar-refractivity contribution >= 4 is 23.0 Å². The number of anilines is 3. The maximum Gasteiger partial charge on any atom is 0.338 e. The number of rotatable bonds is 4. The number of hydrogen-bond acceptors (Lipinski definition) is 5. The van der Waals surface area contributed by atoms with E-state index in [-0.39, 0.29) is 0 Å². The summed E-state index contributed by atoms with van der Waals surface area (Å²) in [6, 6.07) is 14.0. The van der Waals surface area contributed by atoms with Crippen molar-refractivity contribution < 1.29 is 9.53 Å². The Balaban J connectivity index is 2.28. The van der Waals surface area contributed by atoms with Crippen LogP contribution in [0.4, 0.5) is 17.1 Å². The van der Waals surface area contributed by atoms with Gasteiger partial charge in [0, 0.05) is 5.69 Å². The molecule has 3 N–H and O–H groups in total. The van der Waals surface area contributed by atoms with Gasteiger partial charge < -0.3 is 15.8 Å². The molecule has 5 heteroatoms. The lowest BCUT2D eigenvalue weighted by Crippen LogP contribution is -2.06. The lowest BCUT2D eigenvalue weighted by molar-refractivity contribution is 0.0526. The Morgan fingerprint density at radius 1 is 1.33 bits per heavy atom. The third-order valence-corrected chi connectivity index (χ3v) is 2.84. The highest BCUT2D eigenvalue weighted by molar-refractivity contribution is 5.92. The highest BCUT2D eigenvalue weighted by Crippen LogP contribution is 2.25. The van der Waals surface area contributed by atoms with Crippen LogP contribution < -0.4 is 11.1 Å². The van der Waals surface area contributed by atoms with Crippen molar-refractivity contribution in [2.45, 2.75) is 6.92 Å². The van der Waals surface area contributed by atoms with Crippen LogP contribution in [0.5, 0.6) is 0 Å². The molecule has 0 heterocycles. The average molecular weight is 281 g/mol. The van der Waals surface area contributed by atoms with Crippen LogP contribution in [0.2, 0.25) is 0 Å². The van der Waals surface area contributed by atoms with E-state index in [0.29, 0.717) is 29.1 Å². The van der Waals surface area contributed by atoms with Crippen LogP contribution in [0.15, 0.2) is 42.5 Å². The van der Waals surface area contributed by atoms with Gasteiger partial charge >= 0.3 is 5.97 Å². The first-order valence-corrected chi connectivity index (χ1v) is 6.48. The molecule has 0 aromatic heterocycles. The summed E-state index contributed by atoms with van der Waals surface area (Å²) >= 11 is 0. The molecule has 2 aromatic rings. The van der Waals surface area contributed by atoms with Crippen molar-refractivity contribution in [3.8, 4) is 6.07 Å². The molecule has 0 aliphatic heterocycles. The van der Waals surface area contributed by atoms with Crippen LogP contribution in [-0.2, 0) is 4.74 Å². The van der Waals surface area contributed by atoms with Crippen LogP contribution in [0.3, 0.4) is 0 Å². The van der Waals surface area contributed by atoms with Gasteiger partial charge in [0.25, 0.3) is 0 Å². The maximum absolute atomic E-state index is 11.7. The first-order chi connectivity index (χ1) is 10.1. The van der Waals surface area contributed by atoms with Crippen LogP contribution in [-0.4, -0.2) is 12.6 Å². The molecule has 106 valence electrons. The molecule has 21 heavy (non-hydrogen) atoms. The summed E-state index contributed by atoms with van der Waals surface area (Å²) in [7, 11) is 0. The Morgan fingerprint density at radius 3 is 2.86 bits per heavy atom. The Kier molecular flexibility index (Phi) is 4.42. The standard InChI is InChI=1S/C16H15N3O2/c1-2-21-16(20)12-6-7-14(18)15(9-12)19-13-5-3-4-11(8-13)10-17/h3-9,19H,2,18H2,1H3. The molecular weight excluding hydrogens is 266 g/mol.